The largest absolute Gasteiger partial charge is 0.490 e. The standard InChI is InChI=1S/C27H25F6N3O4S2/c1-25(27(31,32)33,40-24(37)26(28,29)30)19-6-8-20(9-7-19)36-15-14-35(17-21(36)16-18-10-12-34-13-11-18)42(38,39)23-5-3-2-4-22(23)41/h2-3,5-13,21H,4,14-17H2,1H3/t21-,25?/m0/s1. The molecule has 1 unspecified atom stereocenters. The Morgan fingerprint density at radius 1 is 1.05 bits per heavy atom. The first-order valence-corrected chi connectivity index (χ1v) is 14.4. The molecule has 0 amide bonds. The zero-order valence-corrected chi connectivity index (χ0v) is 23.7. The number of pyridine rings is 1. The number of allylic oxidation sites excluding steroid dienone is 4. The van der Waals surface area contributed by atoms with Crippen molar-refractivity contribution in [1.82, 2.24) is 9.29 Å². The molecule has 1 fully saturated rings. The average molecular weight is 634 g/mol. The highest BCUT2D eigenvalue weighted by atomic mass is 32.2. The Morgan fingerprint density at radius 2 is 1.69 bits per heavy atom. The number of halogens is 6. The van der Waals surface area contributed by atoms with Gasteiger partial charge in [0.2, 0.25) is 15.6 Å². The number of nitrogens with zero attached hydrogens (tertiary/aromatic N) is 3. The monoisotopic (exact) mass is 633 g/mol. The molecular weight excluding hydrogens is 608 g/mol. The van der Waals surface area contributed by atoms with E-state index in [4.69, 9.17) is 12.2 Å². The molecule has 7 nitrogen and oxygen atoms in total. The minimum atomic E-state index is -5.62. The van der Waals surface area contributed by atoms with E-state index < -0.39 is 45.6 Å². The number of benzene rings is 1. The number of piperazine rings is 1. The van der Waals surface area contributed by atoms with E-state index in [-0.39, 0.29) is 24.5 Å². The fourth-order valence-electron chi connectivity index (χ4n) is 4.74. The van der Waals surface area contributed by atoms with Crippen LogP contribution in [0.5, 0.6) is 0 Å². The molecule has 1 aliphatic carbocycles. The molecule has 226 valence electrons. The maximum absolute atomic E-state index is 13.9. The third kappa shape index (κ3) is 6.52. The molecular formula is C27H25F6N3O4S2. The molecule has 2 atom stereocenters. The summed E-state index contributed by atoms with van der Waals surface area (Å²) in [4.78, 5) is 17.5. The maximum atomic E-state index is 13.9. The Hall–Kier alpha value is -3.30. The number of hydrogen-bond acceptors (Lipinski definition) is 7. The predicted molar refractivity (Wildman–Crippen MR) is 146 cm³/mol. The molecule has 42 heavy (non-hydrogen) atoms. The van der Waals surface area contributed by atoms with E-state index in [2.05, 4.69) is 9.72 Å². The van der Waals surface area contributed by atoms with E-state index in [9.17, 15) is 39.6 Å². The smallest absolute Gasteiger partial charge is 0.438 e. The summed E-state index contributed by atoms with van der Waals surface area (Å²) in [6.07, 6.45) is -2.34. The number of carbonyl (C=O) groups is 1. The zero-order valence-electron chi connectivity index (χ0n) is 22.0. The topological polar surface area (TPSA) is 79.8 Å². The molecule has 1 saturated heterocycles. The van der Waals surface area contributed by atoms with Crippen molar-refractivity contribution in [3.63, 3.8) is 0 Å². The Kier molecular flexibility index (Phi) is 8.86. The molecule has 0 bridgehead atoms. The van der Waals surface area contributed by atoms with Gasteiger partial charge in [-0.1, -0.05) is 36.5 Å². The minimum Gasteiger partial charge on any atom is -0.438 e. The Labute approximate surface area is 243 Å². The number of carbonyl (C=O) groups excluding carboxylic acids is 1. The Bertz CT molecular complexity index is 1490. The van der Waals surface area contributed by atoms with Crippen LogP contribution in [-0.2, 0) is 31.6 Å². The third-order valence-electron chi connectivity index (χ3n) is 7.06. The molecule has 0 radical (unpaired) electrons. The Balaban J connectivity index is 1.65. The lowest BCUT2D eigenvalue weighted by atomic mass is 9.94. The summed E-state index contributed by atoms with van der Waals surface area (Å²) in [5.41, 5.74) is -3.05. The van der Waals surface area contributed by atoms with Crippen LogP contribution in [0.3, 0.4) is 0 Å². The highest BCUT2D eigenvalue weighted by molar-refractivity contribution is 7.96. The van der Waals surface area contributed by atoms with E-state index in [1.165, 1.54) is 22.5 Å². The SMILES string of the molecule is CC(OC(=O)C(F)(F)F)(c1ccc(N2CCN(S(=O)(=O)C3=CC=CCC3=S)C[C@@H]2Cc2ccncc2)cc1)C(F)(F)F. The summed E-state index contributed by atoms with van der Waals surface area (Å²) in [6, 6.07) is 7.45. The zero-order chi connectivity index (χ0) is 30.9. The van der Waals surface area contributed by atoms with Crippen LogP contribution in [0, 0.1) is 0 Å². The first kappa shape index (κ1) is 31.6. The van der Waals surface area contributed by atoms with E-state index in [0.29, 0.717) is 30.3 Å². The molecule has 4 rings (SSSR count). The number of alkyl halides is 6. The van der Waals surface area contributed by atoms with Gasteiger partial charge in [-0.2, -0.15) is 30.6 Å². The van der Waals surface area contributed by atoms with Crippen molar-refractivity contribution < 1.29 is 44.3 Å². The van der Waals surface area contributed by atoms with E-state index in [0.717, 1.165) is 17.7 Å². The number of ether oxygens (including phenoxy) is 1. The molecule has 0 spiro atoms. The first-order chi connectivity index (χ1) is 19.5. The molecule has 0 saturated carbocycles. The van der Waals surface area contributed by atoms with Gasteiger partial charge in [-0.3, -0.25) is 4.98 Å². The van der Waals surface area contributed by atoms with Gasteiger partial charge in [0.1, 0.15) is 0 Å². The normalized spacial score (nSPS) is 20.2. The van der Waals surface area contributed by atoms with Crippen LogP contribution in [0.1, 0.15) is 24.5 Å². The van der Waals surface area contributed by atoms with E-state index in [1.807, 2.05) is 4.90 Å². The van der Waals surface area contributed by atoms with Crippen LogP contribution in [0.4, 0.5) is 32.0 Å². The second kappa shape index (κ2) is 11.8. The fraction of sp³-hybridized carbons (Fsp3) is 0.370. The van der Waals surface area contributed by atoms with Gasteiger partial charge >= 0.3 is 18.3 Å². The summed E-state index contributed by atoms with van der Waals surface area (Å²) >= 11 is 5.28. The number of rotatable bonds is 7. The summed E-state index contributed by atoms with van der Waals surface area (Å²) in [7, 11) is -3.93. The summed E-state index contributed by atoms with van der Waals surface area (Å²) < 4.78 is 112. The van der Waals surface area contributed by atoms with Gasteiger partial charge in [0, 0.05) is 60.6 Å². The predicted octanol–water partition coefficient (Wildman–Crippen LogP) is 5.24. The van der Waals surface area contributed by atoms with Crippen LogP contribution in [0.15, 0.2) is 71.9 Å². The number of aromatic nitrogens is 1. The summed E-state index contributed by atoms with van der Waals surface area (Å²) in [5.74, 6) is -2.97. The maximum Gasteiger partial charge on any atom is 0.490 e. The number of thiocarbonyl (C=S) groups is 1. The number of esters is 1. The van der Waals surface area contributed by atoms with Crippen molar-refractivity contribution in [1.29, 1.82) is 0 Å². The summed E-state index contributed by atoms with van der Waals surface area (Å²) in [6.45, 7) is 0.578. The van der Waals surface area contributed by atoms with Gasteiger partial charge in [0.25, 0.3) is 0 Å². The van der Waals surface area contributed by atoms with Gasteiger partial charge < -0.3 is 9.64 Å². The molecule has 2 aromatic rings. The van der Waals surface area contributed by atoms with Crippen molar-refractivity contribution in [2.75, 3.05) is 24.5 Å². The molecule has 2 heterocycles. The molecule has 1 aromatic heterocycles. The van der Waals surface area contributed by atoms with Gasteiger partial charge in [0.05, 0.1) is 4.91 Å². The first-order valence-electron chi connectivity index (χ1n) is 12.6. The third-order valence-corrected chi connectivity index (χ3v) is 9.53. The lowest BCUT2D eigenvalue weighted by Gasteiger charge is -2.43. The molecule has 15 heteroatoms. The lowest BCUT2D eigenvalue weighted by molar-refractivity contribution is -0.285. The second-order valence-electron chi connectivity index (χ2n) is 9.82. The highest BCUT2D eigenvalue weighted by Crippen LogP contribution is 2.44. The van der Waals surface area contributed by atoms with Crippen molar-refractivity contribution in [3.8, 4) is 0 Å². The quantitative estimate of drug-likeness (QED) is 0.235. The van der Waals surface area contributed by atoms with Gasteiger partial charge in [0.15, 0.2) is 0 Å². The van der Waals surface area contributed by atoms with Crippen molar-refractivity contribution in [2.45, 2.75) is 43.8 Å². The van der Waals surface area contributed by atoms with E-state index >= 15 is 0 Å². The van der Waals surface area contributed by atoms with Crippen LogP contribution in [0.2, 0.25) is 0 Å². The Morgan fingerprint density at radius 3 is 2.26 bits per heavy atom. The second-order valence-corrected chi connectivity index (χ2v) is 12.2. The summed E-state index contributed by atoms with van der Waals surface area (Å²) in [5, 5.41) is 0. The average Bonchev–Trinajstić information content (AvgIpc) is 2.92. The van der Waals surface area contributed by atoms with Crippen LogP contribution in [-0.4, -0.2) is 66.6 Å². The van der Waals surface area contributed by atoms with Crippen LogP contribution in [0.25, 0.3) is 0 Å². The fourth-order valence-corrected chi connectivity index (χ4v) is 6.81. The van der Waals surface area contributed by atoms with Gasteiger partial charge in [-0.05, 0) is 49.2 Å². The minimum absolute atomic E-state index is 0.0273. The molecule has 1 aromatic carbocycles. The molecule has 2 aliphatic rings. The van der Waals surface area contributed by atoms with Crippen molar-refractivity contribution in [3.05, 3.63) is 83.1 Å². The van der Waals surface area contributed by atoms with Crippen LogP contribution < -0.4 is 4.90 Å². The molecule has 1 aliphatic heterocycles. The number of hydrogen-bond donors (Lipinski definition) is 0. The van der Waals surface area contributed by atoms with E-state index in [1.54, 1.807) is 36.7 Å². The lowest BCUT2D eigenvalue weighted by Crippen LogP contribution is -2.56. The highest BCUT2D eigenvalue weighted by Gasteiger charge is 2.59. The van der Waals surface area contributed by atoms with Gasteiger partial charge in [-0.15, -0.1) is 0 Å². The molecule has 0 N–H and O–H groups in total. The number of sulfonamides is 1. The number of anilines is 1. The van der Waals surface area contributed by atoms with Crippen molar-refractivity contribution >= 4 is 38.8 Å². The van der Waals surface area contributed by atoms with Gasteiger partial charge in [-0.25, -0.2) is 13.2 Å². The van der Waals surface area contributed by atoms with Crippen LogP contribution >= 0.6 is 12.2 Å². The van der Waals surface area contributed by atoms with Crippen molar-refractivity contribution in [2.24, 2.45) is 0 Å².